The minimum atomic E-state index is -0.392. The van der Waals surface area contributed by atoms with Gasteiger partial charge in [0.05, 0.1) is 17.2 Å². The van der Waals surface area contributed by atoms with E-state index in [2.05, 4.69) is 25.1 Å². The fourth-order valence-corrected chi connectivity index (χ4v) is 4.88. The summed E-state index contributed by atoms with van der Waals surface area (Å²) < 4.78 is 5.56. The monoisotopic (exact) mass is 417 g/mol. The molecule has 3 rings (SSSR count). The van der Waals surface area contributed by atoms with Gasteiger partial charge in [-0.15, -0.1) is 0 Å². The molecule has 2 aromatic carbocycles. The van der Waals surface area contributed by atoms with Gasteiger partial charge in [0.2, 0.25) is 0 Å². The van der Waals surface area contributed by atoms with Crippen molar-refractivity contribution in [3.8, 4) is 11.8 Å². The second kappa shape index (κ2) is 11.7. The molecule has 0 amide bonds. The minimum absolute atomic E-state index is 0.290. The molecule has 0 atom stereocenters. The molecule has 0 heterocycles. The van der Waals surface area contributed by atoms with E-state index < -0.39 is 5.97 Å². The molecule has 0 radical (unpaired) electrons. The van der Waals surface area contributed by atoms with E-state index in [-0.39, 0.29) is 0 Å². The Labute approximate surface area is 187 Å². The van der Waals surface area contributed by atoms with Crippen molar-refractivity contribution in [2.24, 2.45) is 0 Å². The quantitative estimate of drug-likeness (QED) is 0.226. The molecular weight excluding hydrogens is 382 g/mol. The number of hydrogen-bond acceptors (Lipinski definition) is 3. The zero-order valence-corrected chi connectivity index (χ0v) is 18.9. The lowest BCUT2D eigenvalue weighted by atomic mass is 9.66. The van der Waals surface area contributed by atoms with Gasteiger partial charge in [0.15, 0.2) is 0 Å². The molecule has 1 saturated carbocycles. The predicted molar refractivity (Wildman–Crippen MR) is 125 cm³/mol. The number of rotatable bonds is 10. The topological polar surface area (TPSA) is 50.1 Å². The molecule has 0 saturated heterocycles. The first-order valence-corrected chi connectivity index (χ1v) is 12.0. The van der Waals surface area contributed by atoms with E-state index in [4.69, 9.17) is 10.00 Å². The molecule has 164 valence electrons. The van der Waals surface area contributed by atoms with Crippen molar-refractivity contribution in [2.45, 2.75) is 89.4 Å². The van der Waals surface area contributed by atoms with Crippen molar-refractivity contribution in [3.05, 3.63) is 65.2 Å². The molecule has 0 bridgehead atoms. The van der Waals surface area contributed by atoms with Crippen LogP contribution in [-0.2, 0) is 5.41 Å². The third-order valence-electron chi connectivity index (χ3n) is 6.75. The molecule has 31 heavy (non-hydrogen) atoms. The molecule has 2 aromatic rings. The molecule has 1 fully saturated rings. The Bertz CT molecular complexity index is 855. The fraction of sp³-hybridized carbons (Fsp3) is 0.500. The predicted octanol–water partition coefficient (Wildman–Crippen LogP) is 7.73. The van der Waals surface area contributed by atoms with Gasteiger partial charge in [0.25, 0.3) is 0 Å². The van der Waals surface area contributed by atoms with Crippen LogP contribution in [0, 0.1) is 11.3 Å². The van der Waals surface area contributed by atoms with Gasteiger partial charge in [0, 0.05) is 0 Å². The van der Waals surface area contributed by atoms with Crippen molar-refractivity contribution >= 4 is 5.97 Å². The summed E-state index contributed by atoms with van der Waals surface area (Å²) >= 11 is 0. The summed E-state index contributed by atoms with van der Waals surface area (Å²) in [5, 5.41) is 8.89. The molecule has 0 aromatic heterocycles. The second-order valence-corrected chi connectivity index (χ2v) is 8.96. The largest absolute Gasteiger partial charge is 0.423 e. The Morgan fingerprint density at radius 2 is 1.55 bits per heavy atom. The third-order valence-corrected chi connectivity index (χ3v) is 6.75. The average Bonchev–Trinajstić information content (AvgIpc) is 2.82. The molecule has 1 aliphatic carbocycles. The number of carbonyl (C=O) groups is 1. The lowest BCUT2D eigenvalue weighted by Crippen LogP contribution is -2.29. The summed E-state index contributed by atoms with van der Waals surface area (Å²) in [5.74, 6) is 0.181. The van der Waals surface area contributed by atoms with Crippen LogP contribution in [-0.4, -0.2) is 5.97 Å². The Morgan fingerprint density at radius 1 is 0.903 bits per heavy atom. The zero-order valence-electron chi connectivity index (χ0n) is 18.9. The first kappa shape index (κ1) is 23.1. The van der Waals surface area contributed by atoms with E-state index in [0.717, 1.165) is 0 Å². The van der Waals surface area contributed by atoms with Crippen LogP contribution in [0.2, 0.25) is 0 Å². The Balaban J connectivity index is 1.62. The summed E-state index contributed by atoms with van der Waals surface area (Å²) in [4.78, 5) is 12.4. The van der Waals surface area contributed by atoms with Crippen molar-refractivity contribution in [3.63, 3.8) is 0 Å². The van der Waals surface area contributed by atoms with E-state index in [9.17, 15) is 4.79 Å². The van der Waals surface area contributed by atoms with E-state index in [1.54, 1.807) is 24.3 Å². The van der Waals surface area contributed by atoms with Crippen LogP contribution >= 0.6 is 0 Å². The fourth-order valence-electron chi connectivity index (χ4n) is 4.88. The highest BCUT2D eigenvalue weighted by Crippen LogP contribution is 2.43. The summed E-state index contributed by atoms with van der Waals surface area (Å²) in [7, 11) is 0. The van der Waals surface area contributed by atoms with Gasteiger partial charge in [-0.2, -0.15) is 5.26 Å². The highest BCUT2D eigenvalue weighted by molar-refractivity contribution is 5.91. The van der Waals surface area contributed by atoms with E-state index in [1.165, 1.54) is 82.6 Å². The van der Waals surface area contributed by atoms with Gasteiger partial charge >= 0.3 is 5.97 Å². The van der Waals surface area contributed by atoms with Crippen LogP contribution in [0.15, 0.2) is 48.5 Å². The van der Waals surface area contributed by atoms with Crippen LogP contribution in [0.1, 0.15) is 105 Å². The van der Waals surface area contributed by atoms with Crippen molar-refractivity contribution in [1.29, 1.82) is 5.26 Å². The minimum Gasteiger partial charge on any atom is -0.423 e. The lowest BCUT2D eigenvalue weighted by molar-refractivity contribution is 0.0734. The zero-order chi connectivity index (χ0) is 21.9. The molecule has 1 aliphatic rings. The highest BCUT2D eigenvalue weighted by atomic mass is 16.5. The summed E-state index contributed by atoms with van der Waals surface area (Å²) in [6, 6.07) is 16.8. The Hall–Kier alpha value is -2.60. The molecule has 3 nitrogen and oxygen atoms in total. The van der Waals surface area contributed by atoms with Gasteiger partial charge in [0.1, 0.15) is 5.75 Å². The summed E-state index contributed by atoms with van der Waals surface area (Å²) in [6.07, 6.45) is 15.8. The number of esters is 1. The average molecular weight is 418 g/mol. The number of carbonyl (C=O) groups excluding carboxylic acids is 1. The Morgan fingerprint density at radius 3 is 2.19 bits per heavy atom. The highest BCUT2D eigenvalue weighted by Gasteiger charge is 2.33. The first-order valence-electron chi connectivity index (χ1n) is 12.0. The third kappa shape index (κ3) is 6.44. The standard InChI is InChI=1S/C28H35NO2/c1-2-3-4-5-6-8-19-28(20-9-7-10-21-28)25-15-17-26(18-16-25)31-27(30)24-13-11-23(22-29)12-14-24/h11-18H,2-10,19-21H2,1H3. The molecular formula is C28H35NO2. The first-order chi connectivity index (χ1) is 15.2. The lowest BCUT2D eigenvalue weighted by Gasteiger charge is -2.38. The maximum atomic E-state index is 12.4. The number of benzene rings is 2. The number of hydrogen-bond donors (Lipinski definition) is 0. The normalized spacial score (nSPS) is 15.2. The van der Waals surface area contributed by atoms with Crippen LogP contribution in [0.4, 0.5) is 0 Å². The van der Waals surface area contributed by atoms with Crippen molar-refractivity contribution < 1.29 is 9.53 Å². The SMILES string of the molecule is CCCCCCCCC1(c2ccc(OC(=O)c3ccc(C#N)cc3)cc2)CCCCC1. The maximum absolute atomic E-state index is 12.4. The van der Waals surface area contributed by atoms with Crippen LogP contribution in [0.3, 0.4) is 0 Å². The number of nitrogens with zero attached hydrogens (tertiary/aromatic N) is 1. The molecule has 3 heteroatoms. The smallest absolute Gasteiger partial charge is 0.343 e. The molecule has 0 aliphatic heterocycles. The van der Waals surface area contributed by atoms with Gasteiger partial charge in [-0.25, -0.2) is 4.79 Å². The number of ether oxygens (including phenoxy) is 1. The number of nitriles is 1. The van der Waals surface area contributed by atoms with Crippen LogP contribution < -0.4 is 4.74 Å². The van der Waals surface area contributed by atoms with Crippen LogP contribution in [0.25, 0.3) is 0 Å². The van der Waals surface area contributed by atoms with Gasteiger partial charge in [-0.05, 0) is 66.6 Å². The van der Waals surface area contributed by atoms with Crippen LogP contribution in [0.5, 0.6) is 5.75 Å². The molecule has 0 unspecified atom stereocenters. The summed E-state index contributed by atoms with van der Waals surface area (Å²) in [6.45, 7) is 2.27. The van der Waals surface area contributed by atoms with E-state index in [1.807, 2.05) is 12.1 Å². The molecule has 0 N–H and O–H groups in total. The van der Waals surface area contributed by atoms with Gasteiger partial charge in [-0.3, -0.25) is 0 Å². The second-order valence-electron chi connectivity index (χ2n) is 8.96. The van der Waals surface area contributed by atoms with Gasteiger partial charge in [-0.1, -0.05) is 76.8 Å². The maximum Gasteiger partial charge on any atom is 0.343 e. The van der Waals surface area contributed by atoms with Crippen molar-refractivity contribution in [1.82, 2.24) is 0 Å². The number of unbranched alkanes of at least 4 members (excludes halogenated alkanes) is 5. The van der Waals surface area contributed by atoms with E-state index in [0.29, 0.717) is 22.3 Å². The Kier molecular flexibility index (Phi) is 8.71. The van der Waals surface area contributed by atoms with Crippen molar-refractivity contribution in [2.75, 3.05) is 0 Å². The molecule has 0 spiro atoms. The van der Waals surface area contributed by atoms with Gasteiger partial charge < -0.3 is 4.74 Å². The summed E-state index contributed by atoms with van der Waals surface area (Å²) in [5.41, 5.74) is 2.68. The van der Waals surface area contributed by atoms with E-state index >= 15 is 0 Å².